The summed E-state index contributed by atoms with van der Waals surface area (Å²) in [5.41, 5.74) is -2.09. The minimum atomic E-state index is -1.49. The number of aliphatic hydroxyl groups is 1. The number of fused-ring (bicyclic) bond motifs is 1. The fourth-order valence-electron chi connectivity index (χ4n) is 10.1. The zero-order valence-electron chi connectivity index (χ0n) is 40.9. The Morgan fingerprint density at radius 2 is 1.67 bits per heavy atom. The first-order chi connectivity index (χ1) is 31.2. The molecule has 5 rings (SSSR count). The number of hydrogen-bond acceptors (Lipinski definition) is 17. The predicted octanol–water partition coefficient (Wildman–Crippen LogP) is 4.51. The molecule has 18 heteroatoms. The van der Waals surface area contributed by atoms with Crippen molar-refractivity contribution in [2.24, 2.45) is 28.8 Å². The molecule has 366 valence electrons. The maximum absolute atomic E-state index is 15.0. The number of aliphatic hydroxyl groups excluding tert-OH is 1. The highest BCUT2D eigenvalue weighted by Gasteiger charge is 2.60. The molecule has 1 amide bonds. The van der Waals surface area contributed by atoms with Gasteiger partial charge in [-0.05, 0) is 92.4 Å². The Labute approximate surface area is 389 Å². The molecular weight excluding hydrogens is 853 g/mol. The first-order valence-electron chi connectivity index (χ1n) is 23.0. The second kappa shape index (κ2) is 22.5. The van der Waals surface area contributed by atoms with Crippen LogP contribution in [0.4, 0.5) is 4.79 Å². The minimum Gasteiger partial charge on any atom is -0.458 e. The number of nitrogens with zero attached hydrogens (tertiary/aromatic N) is 6. The molecule has 3 aliphatic rings. The van der Waals surface area contributed by atoms with Crippen LogP contribution in [0.3, 0.4) is 0 Å². The van der Waals surface area contributed by atoms with Gasteiger partial charge in [-0.2, -0.15) is 0 Å². The number of cyclic esters (lactones) is 1. The van der Waals surface area contributed by atoms with E-state index in [4.69, 9.17) is 33.3 Å². The summed E-state index contributed by atoms with van der Waals surface area (Å²) in [6, 6.07) is 9.40. The van der Waals surface area contributed by atoms with Crippen molar-refractivity contribution in [3.05, 3.63) is 60.2 Å². The van der Waals surface area contributed by atoms with E-state index >= 15 is 4.79 Å². The third-order valence-electron chi connectivity index (χ3n) is 13.7. The lowest BCUT2D eigenvalue weighted by Gasteiger charge is -2.48. The van der Waals surface area contributed by atoms with Crippen LogP contribution < -0.4 is 0 Å². The molecule has 14 atom stereocenters. The molecule has 0 aliphatic carbocycles. The molecule has 3 aliphatic heterocycles. The van der Waals surface area contributed by atoms with Crippen molar-refractivity contribution in [2.75, 3.05) is 48.5 Å². The monoisotopic (exact) mass is 925 g/mol. The Balaban J connectivity index is 1.62. The Hall–Kier alpha value is -4.59. The van der Waals surface area contributed by atoms with E-state index in [1.165, 1.54) is 20.4 Å². The van der Waals surface area contributed by atoms with E-state index in [1.54, 1.807) is 70.8 Å². The van der Waals surface area contributed by atoms with Crippen molar-refractivity contribution in [1.29, 1.82) is 0 Å². The third kappa shape index (κ3) is 11.6. The number of esters is 2. The molecule has 66 heavy (non-hydrogen) atoms. The van der Waals surface area contributed by atoms with Gasteiger partial charge in [0.2, 0.25) is 5.71 Å². The largest absolute Gasteiger partial charge is 0.458 e. The molecule has 0 bridgehead atoms. The number of aromatic nitrogens is 2. The van der Waals surface area contributed by atoms with Gasteiger partial charge >= 0.3 is 18.0 Å². The zero-order chi connectivity index (χ0) is 48.7. The van der Waals surface area contributed by atoms with E-state index in [2.05, 4.69) is 15.1 Å². The number of oxime groups is 1. The van der Waals surface area contributed by atoms with Crippen LogP contribution in [0.2, 0.25) is 0 Å². The quantitative estimate of drug-likeness (QED) is 0.120. The zero-order valence-corrected chi connectivity index (χ0v) is 40.9. The number of carbonyl (C=O) groups excluding carboxylic acids is 4. The summed E-state index contributed by atoms with van der Waals surface area (Å²) in [7, 11) is 8.43. The topological polar surface area (TPSA) is 201 Å². The number of Topliss-reactive ketones (excluding diaryl/α,β-unsaturated/α-hetero) is 1. The van der Waals surface area contributed by atoms with E-state index in [-0.39, 0.29) is 48.7 Å². The van der Waals surface area contributed by atoms with Gasteiger partial charge in [0.15, 0.2) is 11.9 Å². The molecule has 2 aromatic heterocycles. The summed E-state index contributed by atoms with van der Waals surface area (Å²) in [6.45, 7) is 15.3. The number of ketones is 1. The maximum atomic E-state index is 15.0. The van der Waals surface area contributed by atoms with E-state index in [0.29, 0.717) is 19.5 Å². The predicted molar refractivity (Wildman–Crippen MR) is 243 cm³/mol. The van der Waals surface area contributed by atoms with Crippen LogP contribution in [0.5, 0.6) is 0 Å². The van der Waals surface area contributed by atoms with E-state index < -0.39 is 89.7 Å². The van der Waals surface area contributed by atoms with Crippen molar-refractivity contribution in [2.45, 2.75) is 141 Å². The minimum absolute atomic E-state index is 0.0726. The second-order valence-corrected chi connectivity index (χ2v) is 18.9. The second-order valence-electron chi connectivity index (χ2n) is 18.9. The van der Waals surface area contributed by atoms with Crippen molar-refractivity contribution in [3.8, 4) is 0 Å². The molecule has 0 saturated carbocycles. The van der Waals surface area contributed by atoms with Crippen LogP contribution >= 0.6 is 0 Å². The smallest absolute Gasteiger partial charge is 0.410 e. The standard InChI is InChI=1S/C48H72N6O12/c1-14-36-48(8)41(54(46(59)66-48)24-23-53(11)27-33-19-15-17-21-49-33)30(4)38(55)28(2)26-47(7,60-12)42(65-45-39(56)35(52(9)10)25-29(3)62-45)31(5)40(32(6)43(57)63-36)64-44(58)37(51-61-13)34-20-16-18-22-50-34/h15-22,28-32,35-36,39-42,45,56H,14,23-27H2,1-13H3/b51-37+/t28-,29-,30+,31+,32-,35+,36-,39-,40+,41-,42-,45+,47-,48-/m1/s1. The van der Waals surface area contributed by atoms with Gasteiger partial charge < -0.3 is 43.3 Å². The van der Waals surface area contributed by atoms with Gasteiger partial charge in [0.1, 0.15) is 31.2 Å². The SMILES string of the molecule is CC[C@H]1OC(=O)[C@H](C)[C@@H](OC(=O)/C(=N/OC)c2ccccn2)[C@H](C)[C@@H](O[C@@H]2O[C@H](C)C[C@H](N(C)C)[C@H]2O)[C@](C)(OC)C[C@@H](C)C(=O)[C@H](C)[C@H]2N(CCN(C)Cc3ccccn3)C(=O)O[C@]12C. The van der Waals surface area contributed by atoms with Crippen LogP contribution in [0.1, 0.15) is 86.0 Å². The lowest BCUT2D eigenvalue weighted by molar-refractivity contribution is -0.301. The molecule has 2 aromatic rings. The first kappa shape index (κ1) is 52.4. The summed E-state index contributed by atoms with van der Waals surface area (Å²) in [6.07, 6.45) is -2.73. The maximum Gasteiger partial charge on any atom is 0.410 e. The van der Waals surface area contributed by atoms with Crippen LogP contribution in [0.15, 0.2) is 53.9 Å². The Morgan fingerprint density at radius 1 is 0.985 bits per heavy atom. The number of rotatable bonds is 14. The van der Waals surface area contributed by atoms with E-state index in [0.717, 1.165) is 5.69 Å². The van der Waals surface area contributed by atoms with Crippen molar-refractivity contribution < 1.29 is 57.5 Å². The van der Waals surface area contributed by atoms with E-state index in [9.17, 15) is 19.5 Å². The fourth-order valence-corrected chi connectivity index (χ4v) is 10.1. The molecule has 0 unspecified atom stereocenters. The summed E-state index contributed by atoms with van der Waals surface area (Å²) < 4.78 is 38.6. The highest BCUT2D eigenvalue weighted by molar-refractivity contribution is 6.42. The fraction of sp³-hybridized carbons (Fsp3) is 0.688. The van der Waals surface area contributed by atoms with Gasteiger partial charge in [0.05, 0.1) is 41.2 Å². The number of methoxy groups -OCH3 is 1. The average Bonchev–Trinajstić information content (AvgIpc) is 3.56. The molecule has 0 aromatic carbocycles. The van der Waals surface area contributed by atoms with Gasteiger partial charge in [-0.1, -0.05) is 45.0 Å². The highest BCUT2D eigenvalue weighted by atomic mass is 16.7. The van der Waals surface area contributed by atoms with Gasteiger partial charge in [-0.15, -0.1) is 0 Å². The number of amides is 1. The Kier molecular flexibility index (Phi) is 17.8. The summed E-state index contributed by atoms with van der Waals surface area (Å²) >= 11 is 0. The molecule has 0 spiro atoms. The lowest BCUT2D eigenvalue weighted by Crippen LogP contribution is -2.61. The number of likely N-dealkylation sites (N-methyl/N-ethyl adjacent to an activating group) is 2. The first-order valence-corrected chi connectivity index (χ1v) is 23.0. The molecule has 5 heterocycles. The molecule has 1 N–H and O–H groups in total. The van der Waals surface area contributed by atoms with Crippen LogP contribution in [-0.4, -0.2) is 168 Å². The molecule has 0 radical (unpaired) electrons. The van der Waals surface area contributed by atoms with Crippen molar-refractivity contribution in [3.63, 3.8) is 0 Å². The van der Waals surface area contributed by atoms with Crippen molar-refractivity contribution >= 4 is 29.5 Å². The number of ether oxygens (including phenoxy) is 6. The summed E-state index contributed by atoms with van der Waals surface area (Å²) in [5, 5.41) is 15.7. The Morgan fingerprint density at radius 3 is 2.26 bits per heavy atom. The molecule has 3 saturated heterocycles. The number of hydrogen-bond donors (Lipinski definition) is 1. The normalized spacial score (nSPS) is 34.9. The average molecular weight is 925 g/mol. The number of carbonyl (C=O) groups is 4. The van der Waals surface area contributed by atoms with Crippen LogP contribution in [0.25, 0.3) is 0 Å². The molecule has 18 nitrogen and oxygen atoms in total. The molecule has 3 fully saturated rings. The van der Waals surface area contributed by atoms with Gasteiger partial charge in [-0.25, -0.2) is 9.59 Å². The van der Waals surface area contributed by atoms with Crippen molar-refractivity contribution in [1.82, 2.24) is 24.7 Å². The van der Waals surface area contributed by atoms with Crippen LogP contribution in [0, 0.1) is 23.7 Å². The van der Waals surface area contributed by atoms with Crippen LogP contribution in [-0.2, 0) is 54.2 Å². The molecular formula is C48H72N6O12. The Bertz CT molecular complexity index is 1980. The lowest BCUT2D eigenvalue weighted by atomic mass is 9.73. The summed E-state index contributed by atoms with van der Waals surface area (Å²) in [5.74, 6) is -5.55. The van der Waals surface area contributed by atoms with Gasteiger partial charge in [-0.3, -0.25) is 29.4 Å². The number of pyridine rings is 2. The van der Waals surface area contributed by atoms with E-state index in [1.807, 2.05) is 63.0 Å². The third-order valence-corrected chi connectivity index (χ3v) is 13.7. The summed E-state index contributed by atoms with van der Waals surface area (Å²) in [4.78, 5) is 77.6. The van der Waals surface area contributed by atoms with Gasteiger partial charge in [0.25, 0.3) is 0 Å². The highest BCUT2D eigenvalue weighted by Crippen LogP contribution is 2.44. The van der Waals surface area contributed by atoms with Gasteiger partial charge in [0, 0.05) is 62.9 Å².